The van der Waals surface area contributed by atoms with Gasteiger partial charge in [-0.25, -0.2) is 27.2 Å². The van der Waals surface area contributed by atoms with Gasteiger partial charge in [0.05, 0.1) is 28.6 Å². The van der Waals surface area contributed by atoms with Crippen LogP contribution in [0.1, 0.15) is 80.8 Å². The summed E-state index contributed by atoms with van der Waals surface area (Å²) >= 11 is 0. The first kappa shape index (κ1) is 37.3. The third-order valence-electron chi connectivity index (χ3n) is 10.9. The number of fused-ring (bicyclic) bond motifs is 3. The Morgan fingerprint density at radius 3 is 2.63 bits per heavy atom. The van der Waals surface area contributed by atoms with Gasteiger partial charge in [0.25, 0.3) is 11.8 Å². The predicted octanol–water partition coefficient (Wildman–Crippen LogP) is 3.15. The lowest BCUT2D eigenvalue weighted by Gasteiger charge is -2.30. The number of rotatable bonds is 7. The van der Waals surface area contributed by atoms with Gasteiger partial charge in [-0.3, -0.25) is 28.9 Å². The van der Waals surface area contributed by atoms with Gasteiger partial charge >= 0.3 is 0 Å². The van der Waals surface area contributed by atoms with Crippen molar-refractivity contribution in [3.05, 3.63) is 71.7 Å². The summed E-state index contributed by atoms with van der Waals surface area (Å²) in [5.74, 6) is -5.07. The zero-order chi connectivity index (χ0) is 38.4. The summed E-state index contributed by atoms with van der Waals surface area (Å²) in [7, 11) is -4.04. The minimum Gasteiger partial charge on any atom is -0.471 e. The molecule has 0 radical (unpaired) electrons. The molecule has 1 aromatic carbocycles. The van der Waals surface area contributed by atoms with Gasteiger partial charge in [-0.05, 0) is 70.6 Å². The third kappa shape index (κ3) is 7.24. The predicted molar refractivity (Wildman–Crippen MR) is 190 cm³/mol. The molecule has 4 aliphatic rings. The zero-order valence-electron chi connectivity index (χ0n) is 29.8. The molecular weight excluding hydrogens is 725 g/mol. The Morgan fingerprint density at radius 2 is 1.87 bits per heavy atom. The van der Waals surface area contributed by atoms with E-state index < -0.39 is 79.7 Å². The van der Waals surface area contributed by atoms with Crippen molar-refractivity contribution in [1.82, 2.24) is 35.2 Å². The van der Waals surface area contributed by atoms with Gasteiger partial charge in [-0.2, -0.15) is 0 Å². The molecule has 2 saturated carbocycles. The molecule has 4 heterocycles. The highest BCUT2D eigenvalue weighted by molar-refractivity contribution is 7.91. The molecule has 1 saturated heterocycles. The summed E-state index contributed by atoms with van der Waals surface area (Å²) in [6.07, 6.45) is 8.51. The van der Waals surface area contributed by atoms with Crippen LogP contribution in [0.2, 0.25) is 0 Å². The summed E-state index contributed by atoms with van der Waals surface area (Å²) in [5, 5.41) is 5.46. The van der Waals surface area contributed by atoms with Crippen molar-refractivity contribution in [3.63, 3.8) is 0 Å². The first-order chi connectivity index (χ1) is 25.7. The Morgan fingerprint density at radius 1 is 1.07 bits per heavy atom. The molecular formula is C37H41F2N7O7S. The van der Waals surface area contributed by atoms with E-state index in [2.05, 4.69) is 30.3 Å². The average Bonchev–Trinajstić information content (AvgIpc) is 4.01. The van der Waals surface area contributed by atoms with Gasteiger partial charge in [-0.1, -0.05) is 31.1 Å². The number of amides is 4. The molecule has 4 amide bonds. The number of benzene rings is 1. The largest absolute Gasteiger partial charge is 0.471 e. The van der Waals surface area contributed by atoms with E-state index in [4.69, 9.17) is 4.74 Å². The molecule has 2 aliphatic carbocycles. The van der Waals surface area contributed by atoms with Gasteiger partial charge < -0.3 is 20.3 Å². The van der Waals surface area contributed by atoms with Crippen molar-refractivity contribution in [2.75, 3.05) is 6.54 Å². The maximum atomic E-state index is 14.7. The number of nitrogens with zero attached hydrogens (tertiary/aromatic N) is 4. The molecule has 286 valence electrons. The minimum atomic E-state index is -4.04. The van der Waals surface area contributed by atoms with Crippen LogP contribution < -0.4 is 20.1 Å². The van der Waals surface area contributed by atoms with E-state index >= 15 is 0 Å². The van der Waals surface area contributed by atoms with Gasteiger partial charge in [0.1, 0.15) is 34.9 Å². The van der Waals surface area contributed by atoms with Gasteiger partial charge in [-0.15, -0.1) is 0 Å². The fourth-order valence-electron chi connectivity index (χ4n) is 7.13. The first-order valence-corrected chi connectivity index (χ1v) is 19.6. The average molecular weight is 766 g/mol. The molecule has 14 nitrogen and oxygen atoms in total. The molecule has 0 spiro atoms. The number of hydrogen-bond acceptors (Lipinski definition) is 10. The number of nitrogens with one attached hydrogen (secondary N) is 3. The van der Waals surface area contributed by atoms with Crippen LogP contribution in [-0.4, -0.2) is 86.9 Å². The monoisotopic (exact) mass is 765 g/mol. The van der Waals surface area contributed by atoms with Gasteiger partial charge in [0, 0.05) is 18.5 Å². The van der Waals surface area contributed by atoms with Crippen molar-refractivity contribution < 1.29 is 41.1 Å². The normalized spacial score (nSPS) is 27.4. The molecule has 7 rings (SSSR count). The Labute approximate surface area is 310 Å². The van der Waals surface area contributed by atoms with Crippen molar-refractivity contribution in [1.29, 1.82) is 0 Å². The van der Waals surface area contributed by atoms with Crippen LogP contribution in [0.5, 0.6) is 5.88 Å². The second-order valence-corrected chi connectivity index (χ2v) is 17.0. The molecule has 0 bridgehead atoms. The number of halogens is 2. The number of carbonyl (C=O) groups excluding carboxylic acids is 4. The number of hydrogen-bond donors (Lipinski definition) is 3. The molecule has 3 N–H and O–H groups in total. The highest BCUT2D eigenvalue weighted by Gasteiger charge is 2.63. The SMILES string of the molecule is Cc1nc2cccc(F)c2nc1O[C@@H]1C[C@H]2C(=O)N[C@]3(C(=O)NS(=O)(=O)C4(C)CC4)C[C@H]3/C=C\CCCCC[C@H](NC(=O)c3ccncc3F)C(=O)N2C1. The van der Waals surface area contributed by atoms with Crippen LogP contribution >= 0.6 is 0 Å². The molecule has 2 aromatic heterocycles. The standard InChI is InChI=1S/C37H41F2N7O7S/c1-21-33(43-30-25(38)10-8-12-27(30)41-21)53-23-17-29-32(48)44-37(35(50)45-54(51,52)36(2)14-15-36)18-22(37)9-6-4-3-5-7-11-28(34(49)46(29)20-23)42-31(47)24-13-16-40-19-26(24)39/h6,8-10,12-13,16,19,22-23,28-29H,3-5,7,11,14-15,17-18,20H2,1-2H3,(H,42,47)(H,44,48)(H,45,50)/b9-6-/t22-,23-,28+,29+,37-/m1/s1. The smallest absolute Gasteiger partial charge is 0.259 e. The highest BCUT2D eigenvalue weighted by atomic mass is 32.2. The lowest BCUT2D eigenvalue weighted by atomic mass is 10.0. The first-order valence-electron chi connectivity index (χ1n) is 18.1. The van der Waals surface area contributed by atoms with E-state index in [1.54, 1.807) is 26.0 Å². The molecule has 17 heteroatoms. The Balaban J connectivity index is 1.21. The summed E-state index contributed by atoms with van der Waals surface area (Å²) in [6.45, 7) is 3.01. The quantitative estimate of drug-likeness (QED) is 0.302. The van der Waals surface area contributed by atoms with Crippen molar-refractivity contribution >= 4 is 44.7 Å². The van der Waals surface area contributed by atoms with Gasteiger partial charge in [0.2, 0.25) is 27.7 Å². The number of allylic oxidation sites excluding steroid dienone is 1. The zero-order valence-corrected chi connectivity index (χ0v) is 30.6. The topological polar surface area (TPSA) is 190 Å². The second kappa shape index (κ2) is 14.3. The Bertz CT molecular complexity index is 2160. The van der Waals surface area contributed by atoms with Crippen LogP contribution in [-0.2, 0) is 24.4 Å². The van der Waals surface area contributed by atoms with Crippen LogP contribution in [0.25, 0.3) is 11.0 Å². The fraction of sp³-hybridized carbons (Fsp3) is 0.486. The minimum absolute atomic E-state index is 0.00627. The molecule has 2 aliphatic heterocycles. The number of ether oxygens (including phenoxy) is 1. The summed E-state index contributed by atoms with van der Waals surface area (Å²) in [4.78, 5) is 69.6. The lowest BCUT2D eigenvalue weighted by Crippen LogP contribution is -2.58. The number of para-hydroxylation sites is 1. The summed E-state index contributed by atoms with van der Waals surface area (Å²) < 4.78 is 62.8. The maximum Gasteiger partial charge on any atom is 0.259 e. The molecule has 0 unspecified atom stereocenters. The molecule has 3 fully saturated rings. The number of aryl methyl sites for hydroxylation is 1. The van der Waals surface area contributed by atoms with Crippen molar-refractivity contribution in [3.8, 4) is 5.88 Å². The number of carbonyl (C=O) groups is 4. The van der Waals surface area contributed by atoms with Crippen molar-refractivity contribution in [2.45, 2.75) is 100 Å². The molecule has 5 atom stereocenters. The number of sulfonamides is 1. The van der Waals surface area contributed by atoms with E-state index in [1.165, 1.54) is 29.3 Å². The number of aromatic nitrogens is 3. The fourth-order valence-corrected chi connectivity index (χ4v) is 8.44. The second-order valence-electron chi connectivity index (χ2n) is 14.8. The van der Waals surface area contributed by atoms with Crippen LogP contribution in [0.4, 0.5) is 8.78 Å². The summed E-state index contributed by atoms with van der Waals surface area (Å²) in [5.41, 5.74) is -1.28. The van der Waals surface area contributed by atoms with Crippen molar-refractivity contribution in [2.24, 2.45) is 5.92 Å². The number of pyridine rings is 1. The molecule has 54 heavy (non-hydrogen) atoms. The van der Waals surface area contributed by atoms with E-state index in [-0.39, 0.29) is 42.8 Å². The van der Waals surface area contributed by atoms with E-state index in [0.29, 0.717) is 49.7 Å². The highest BCUT2D eigenvalue weighted by Crippen LogP contribution is 2.47. The third-order valence-corrected chi connectivity index (χ3v) is 13.0. The Hall–Kier alpha value is -5.06. The summed E-state index contributed by atoms with van der Waals surface area (Å²) in [6, 6.07) is 3.12. The molecule has 3 aromatic rings. The van der Waals surface area contributed by atoms with Crippen LogP contribution in [0.3, 0.4) is 0 Å². The van der Waals surface area contributed by atoms with E-state index in [1.807, 2.05) is 6.08 Å². The van der Waals surface area contributed by atoms with Crippen LogP contribution in [0.15, 0.2) is 48.8 Å². The lowest BCUT2D eigenvalue weighted by molar-refractivity contribution is -0.141. The van der Waals surface area contributed by atoms with Crippen LogP contribution in [0, 0.1) is 24.5 Å². The van der Waals surface area contributed by atoms with E-state index in [9.17, 15) is 36.4 Å². The Kier molecular flexibility index (Phi) is 9.87. The maximum absolute atomic E-state index is 14.7. The van der Waals surface area contributed by atoms with Gasteiger partial charge in [0.15, 0.2) is 11.6 Å². The van der Waals surface area contributed by atoms with E-state index in [0.717, 1.165) is 6.20 Å².